The Morgan fingerprint density at radius 3 is 2.37 bits per heavy atom. The number of nitrogens with zero attached hydrogens (tertiary/aromatic N) is 1. The highest BCUT2D eigenvalue weighted by Crippen LogP contribution is 2.40. The molecule has 1 unspecified atom stereocenters. The van der Waals surface area contributed by atoms with E-state index in [-0.39, 0.29) is 12.0 Å². The van der Waals surface area contributed by atoms with Crippen molar-refractivity contribution < 1.29 is 23.7 Å². The fourth-order valence-corrected chi connectivity index (χ4v) is 2.85. The highest BCUT2D eigenvalue weighted by atomic mass is 16.5. The van der Waals surface area contributed by atoms with Gasteiger partial charge in [-0.15, -0.1) is 0 Å². The Kier molecular flexibility index (Phi) is 5.97. The molecule has 0 saturated carbocycles. The molecule has 0 bridgehead atoms. The molecule has 2 aromatic rings. The van der Waals surface area contributed by atoms with Crippen molar-refractivity contribution in [3.05, 3.63) is 30.5 Å². The average Bonchev–Trinajstić information content (AvgIpc) is 3.23. The molecule has 3 rings (SSSR count). The number of nitrogens with one attached hydrogen (secondary N) is 2. The van der Waals surface area contributed by atoms with Crippen LogP contribution >= 0.6 is 0 Å². The average molecular weight is 373 g/mol. The van der Waals surface area contributed by atoms with E-state index in [1.807, 2.05) is 0 Å². The molecule has 1 fully saturated rings. The molecule has 1 aromatic heterocycles. The largest absolute Gasteiger partial charge is 0.493 e. The van der Waals surface area contributed by atoms with E-state index in [1.54, 1.807) is 51.8 Å². The lowest BCUT2D eigenvalue weighted by Gasteiger charge is -2.15. The molecular formula is C19H23N3O5. The van der Waals surface area contributed by atoms with Crippen molar-refractivity contribution in [2.24, 2.45) is 0 Å². The Morgan fingerprint density at radius 2 is 1.85 bits per heavy atom. The number of amides is 1. The number of carbonyl (C=O) groups is 1. The second-order valence-corrected chi connectivity index (χ2v) is 5.96. The Balaban J connectivity index is 1.70. The van der Waals surface area contributed by atoms with Gasteiger partial charge in [-0.25, -0.2) is 4.98 Å². The number of aromatic nitrogens is 1. The van der Waals surface area contributed by atoms with Crippen molar-refractivity contribution in [1.82, 2.24) is 4.98 Å². The van der Waals surface area contributed by atoms with Crippen LogP contribution in [0.25, 0.3) is 0 Å². The van der Waals surface area contributed by atoms with Crippen molar-refractivity contribution >= 4 is 23.1 Å². The zero-order chi connectivity index (χ0) is 19.2. The summed E-state index contributed by atoms with van der Waals surface area (Å²) in [6, 6.07) is 7.13. The van der Waals surface area contributed by atoms with E-state index >= 15 is 0 Å². The molecule has 0 aliphatic carbocycles. The first kappa shape index (κ1) is 18.8. The number of hydrogen-bond acceptors (Lipinski definition) is 7. The van der Waals surface area contributed by atoms with Crippen molar-refractivity contribution in [3.8, 4) is 17.2 Å². The molecule has 2 N–H and O–H groups in total. The van der Waals surface area contributed by atoms with Gasteiger partial charge in [0, 0.05) is 24.4 Å². The number of hydrogen-bond donors (Lipinski definition) is 2. The molecule has 1 aromatic carbocycles. The molecule has 0 spiro atoms. The molecule has 1 atom stereocenters. The maximum atomic E-state index is 12.1. The van der Waals surface area contributed by atoms with Crippen LogP contribution < -0.4 is 24.8 Å². The molecule has 1 amide bonds. The van der Waals surface area contributed by atoms with Gasteiger partial charge in [-0.05, 0) is 25.0 Å². The van der Waals surface area contributed by atoms with Crippen LogP contribution in [-0.4, -0.2) is 44.9 Å². The summed E-state index contributed by atoms with van der Waals surface area (Å²) >= 11 is 0. The van der Waals surface area contributed by atoms with E-state index in [9.17, 15) is 4.79 Å². The highest BCUT2D eigenvalue weighted by Gasteiger charge is 2.23. The van der Waals surface area contributed by atoms with E-state index < -0.39 is 0 Å². The normalized spacial score (nSPS) is 15.9. The van der Waals surface area contributed by atoms with Gasteiger partial charge in [0.25, 0.3) is 5.91 Å². The first-order valence-electron chi connectivity index (χ1n) is 8.60. The second kappa shape index (κ2) is 8.59. The Hall–Kier alpha value is -3.00. The van der Waals surface area contributed by atoms with Crippen LogP contribution in [0.3, 0.4) is 0 Å². The summed E-state index contributed by atoms with van der Waals surface area (Å²) < 4.78 is 21.4. The molecule has 1 aliphatic rings. The minimum Gasteiger partial charge on any atom is -0.493 e. The molecule has 8 nitrogen and oxygen atoms in total. The number of benzene rings is 1. The lowest BCUT2D eigenvalue weighted by atomic mass is 10.2. The second-order valence-electron chi connectivity index (χ2n) is 5.96. The van der Waals surface area contributed by atoms with E-state index in [0.717, 1.165) is 18.5 Å². The minimum atomic E-state index is -0.373. The maximum absolute atomic E-state index is 12.1. The van der Waals surface area contributed by atoms with Crippen LogP contribution in [0.1, 0.15) is 12.8 Å². The van der Waals surface area contributed by atoms with Gasteiger partial charge in [0.2, 0.25) is 5.75 Å². The van der Waals surface area contributed by atoms with Crippen molar-refractivity contribution in [2.75, 3.05) is 38.6 Å². The highest BCUT2D eigenvalue weighted by molar-refractivity contribution is 5.94. The van der Waals surface area contributed by atoms with Gasteiger partial charge < -0.3 is 29.6 Å². The van der Waals surface area contributed by atoms with Gasteiger partial charge in [0.05, 0.1) is 33.2 Å². The molecule has 2 heterocycles. The first-order valence-corrected chi connectivity index (χ1v) is 8.60. The molecular weight excluding hydrogens is 350 g/mol. The maximum Gasteiger partial charge on any atom is 0.253 e. The van der Waals surface area contributed by atoms with Gasteiger partial charge in [0.1, 0.15) is 11.9 Å². The number of methoxy groups -OCH3 is 3. The monoisotopic (exact) mass is 373 g/mol. The molecule has 0 radical (unpaired) electrons. The van der Waals surface area contributed by atoms with Crippen LogP contribution in [0.4, 0.5) is 17.2 Å². The standard InChI is InChI=1S/C19H23N3O5/c1-24-15-9-13(10-16(25-2)18(15)26-3)21-17-7-6-12(11-20-17)22-19(23)14-5-4-8-27-14/h6-7,9-11,14H,4-5,8H2,1-3H3,(H,20,21)(H,22,23). The van der Waals surface area contributed by atoms with Crippen LogP contribution in [0.2, 0.25) is 0 Å². The number of rotatable bonds is 7. The quantitative estimate of drug-likeness (QED) is 0.771. The molecule has 1 aliphatic heterocycles. The smallest absolute Gasteiger partial charge is 0.253 e. The van der Waals surface area contributed by atoms with E-state index in [2.05, 4.69) is 15.6 Å². The SMILES string of the molecule is COc1cc(Nc2ccc(NC(=O)C3CCCO3)cn2)cc(OC)c1OC. The summed E-state index contributed by atoms with van der Waals surface area (Å²) in [6.45, 7) is 0.633. The fraction of sp³-hybridized carbons (Fsp3) is 0.368. The lowest BCUT2D eigenvalue weighted by Crippen LogP contribution is -2.26. The zero-order valence-electron chi connectivity index (χ0n) is 15.6. The first-order chi connectivity index (χ1) is 13.1. The number of carbonyl (C=O) groups excluding carboxylic acids is 1. The predicted molar refractivity (Wildman–Crippen MR) is 101 cm³/mol. The number of anilines is 3. The van der Waals surface area contributed by atoms with E-state index in [4.69, 9.17) is 18.9 Å². The zero-order valence-corrected chi connectivity index (χ0v) is 15.6. The van der Waals surface area contributed by atoms with Crippen molar-refractivity contribution in [2.45, 2.75) is 18.9 Å². The third-order valence-electron chi connectivity index (χ3n) is 4.19. The number of pyridine rings is 1. The fourth-order valence-electron chi connectivity index (χ4n) is 2.85. The van der Waals surface area contributed by atoms with Crippen LogP contribution in [0.5, 0.6) is 17.2 Å². The van der Waals surface area contributed by atoms with E-state index in [1.165, 1.54) is 0 Å². The molecule has 1 saturated heterocycles. The summed E-state index contributed by atoms with van der Waals surface area (Å²) in [5, 5.41) is 5.99. The predicted octanol–water partition coefficient (Wildman–Crippen LogP) is 2.97. The number of ether oxygens (including phenoxy) is 4. The molecule has 144 valence electrons. The Bertz CT molecular complexity index is 763. The van der Waals surface area contributed by atoms with Crippen molar-refractivity contribution in [1.29, 1.82) is 0 Å². The summed E-state index contributed by atoms with van der Waals surface area (Å²) in [5.74, 6) is 2.07. The van der Waals surface area contributed by atoms with Crippen LogP contribution in [-0.2, 0) is 9.53 Å². The Morgan fingerprint density at radius 1 is 1.11 bits per heavy atom. The van der Waals surface area contributed by atoms with Crippen molar-refractivity contribution in [3.63, 3.8) is 0 Å². The van der Waals surface area contributed by atoms with Gasteiger partial charge >= 0.3 is 0 Å². The Labute approximate surface area is 157 Å². The summed E-state index contributed by atoms with van der Waals surface area (Å²) in [6.07, 6.45) is 2.88. The van der Waals surface area contributed by atoms with Crippen LogP contribution in [0, 0.1) is 0 Å². The topological polar surface area (TPSA) is 90.9 Å². The lowest BCUT2D eigenvalue weighted by molar-refractivity contribution is -0.124. The van der Waals surface area contributed by atoms with E-state index in [0.29, 0.717) is 35.4 Å². The molecule has 8 heteroatoms. The summed E-state index contributed by atoms with van der Waals surface area (Å²) in [7, 11) is 4.67. The summed E-state index contributed by atoms with van der Waals surface area (Å²) in [5.41, 5.74) is 1.35. The van der Waals surface area contributed by atoms with Gasteiger partial charge in [-0.1, -0.05) is 0 Å². The third-order valence-corrected chi connectivity index (χ3v) is 4.19. The van der Waals surface area contributed by atoms with Gasteiger partial charge in [-0.2, -0.15) is 0 Å². The van der Waals surface area contributed by atoms with Gasteiger partial charge in [0.15, 0.2) is 11.5 Å². The molecule has 27 heavy (non-hydrogen) atoms. The van der Waals surface area contributed by atoms with Gasteiger partial charge in [-0.3, -0.25) is 4.79 Å². The third kappa shape index (κ3) is 4.40. The van der Waals surface area contributed by atoms with Crippen LogP contribution in [0.15, 0.2) is 30.5 Å². The summed E-state index contributed by atoms with van der Waals surface area (Å²) in [4.78, 5) is 16.4. The minimum absolute atomic E-state index is 0.139.